The molecule has 0 spiro atoms. The maximum Gasteiger partial charge on any atom is 0.254 e. The summed E-state index contributed by atoms with van der Waals surface area (Å²) in [5, 5.41) is 14.3. The molecule has 0 aliphatic carbocycles. The lowest BCUT2D eigenvalue weighted by Crippen LogP contribution is -2.62. The minimum Gasteiger partial charge on any atom is -0.386 e. The van der Waals surface area contributed by atoms with E-state index >= 15 is 0 Å². The van der Waals surface area contributed by atoms with Gasteiger partial charge in [0.25, 0.3) is 5.78 Å². The van der Waals surface area contributed by atoms with Gasteiger partial charge < -0.3 is 10.0 Å². The van der Waals surface area contributed by atoms with Crippen LogP contribution < -0.4 is 4.90 Å². The molecule has 96 valence electrons. The molecule has 18 heavy (non-hydrogen) atoms. The minimum absolute atomic E-state index is 0.559. The summed E-state index contributed by atoms with van der Waals surface area (Å²) in [6, 6.07) is 0. The highest BCUT2D eigenvalue weighted by atomic mass is 16.3. The van der Waals surface area contributed by atoms with Crippen LogP contribution in [-0.2, 0) is 0 Å². The van der Waals surface area contributed by atoms with Crippen molar-refractivity contribution >= 4 is 11.6 Å². The van der Waals surface area contributed by atoms with Crippen molar-refractivity contribution in [3.63, 3.8) is 0 Å². The first-order chi connectivity index (χ1) is 8.54. The van der Waals surface area contributed by atoms with E-state index in [1.807, 2.05) is 20.8 Å². The third-order valence-corrected chi connectivity index (χ3v) is 3.80. The largest absolute Gasteiger partial charge is 0.386 e. The highest BCUT2D eigenvalue weighted by molar-refractivity contribution is 5.56. The van der Waals surface area contributed by atoms with Gasteiger partial charge in [-0.15, -0.1) is 0 Å². The zero-order valence-electron chi connectivity index (χ0n) is 10.9. The number of hydrogen-bond acceptors (Lipinski definition) is 5. The van der Waals surface area contributed by atoms with Crippen LogP contribution in [0.25, 0.3) is 5.78 Å². The zero-order chi connectivity index (χ0) is 12.9. The fourth-order valence-corrected chi connectivity index (χ4v) is 2.42. The summed E-state index contributed by atoms with van der Waals surface area (Å²) in [6.07, 6.45) is 2.28. The summed E-state index contributed by atoms with van der Waals surface area (Å²) in [4.78, 5) is 10.7. The molecule has 2 aromatic heterocycles. The third kappa shape index (κ3) is 1.49. The van der Waals surface area contributed by atoms with Gasteiger partial charge in [-0.2, -0.15) is 14.6 Å². The number of aliphatic hydroxyl groups is 1. The molecule has 1 N–H and O–H groups in total. The first-order valence-corrected chi connectivity index (χ1v) is 6.18. The lowest BCUT2D eigenvalue weighted by molar-refractivity contribution is 0.00776. The first-order valence-electron chi connectivity index (χ1n) is 6.18. The number of nitrogens with zero attached hydrogens (tertiary/aromatic N) is 5. The minimum atomic E-state index is -0.559. The van der Waals surface area contributed by atoms with E-state index in [2.05, 4.69) is 20.0 Å². The third-order valence-electron chi connectivity index (χ3n) is 3.80. The maximum atomic E-state index is 10.1. The molecule has 0 atom stereocenters. The van der Waals surface area contributed by atoms with Crippen molar-refractivity contribution in [1.82, 2.24) is 19.6 Å². The van der Waals surface area contributed by atoms with Crippen molar-refractivity contribution in [1.29, 1.82) is 0 Å². The normalized spacial score (nSPS) is 18.1. The predicted octanol–water partition coefficient (Wildman–Crippen LogP) is 0.702. The summed E-state index contributed by atoms with van der Waals surface area (Å²) >= 11 is 0. The van der Waals surface area contributed by atoms with Crippen LogP contribution in [0.2, 0.25) is 0 Å². The van der Waals surface area contributed by atoms with Gasteiger partial charge >= 0.3 is 0 Å². The van der Waals surface area contributed by atoms with Crippen LogP contribution in [0.1, 0.15) is 24.6 Å². The van der Waals surface area contributed by atoms with E-state index in [-0.39, 0.29) is 0 Å². The van der Waals surface area contributed by atoms with Gasteiger partial charge in [0.15, 0.2) is 0 Å². The molecule has 6 heteroatoms. The Morgan fingerprint density at radius 3 is 2.78 bits per heavy atom. The molecule has 1 saturated heterocycles. The lowest BCUT2D eigenvalue weighted by Gasteiger charge is -2.47. The molecule has 1 aliphatic heterocycles. The highest BCUT2D eigenvalue weighted by Gasteiger charge is 2.41. The van der Waals surface area contributed by atoms with Crippen molar-refractivity contribution < 1.29 is 5.11 Å². The number of anilines is 1. The fraction of sp³-hybridized carbons (Fsp3) is 0.583. The van der Waals surface area contributed by atoms with E-state index < -0.39 is 5.60 Å². The van der Waals surface area contributed by atoms with E-state index in [4.69, 9.17) is 0 Å². The summed E-state index contributed by atoms with van der Waals surface area (Å²) in [7, 11) is 0. The smallest absolute Gasteiger partial charge is 0.254 e. The maximum absolute atomic E-state index is 10.1. The Morgan fingerprint density at radius 1 is 1.39 bits per heavy atom. The van der Waals surface area contributed by atoms with Crippen molar-refractivity contribution in [3.05, 3.63) is 17.6 Å². The summed E-state index contributed by atoms with van der Waals surface area (Å²) in [5.41, 5.74) is 1.49. The standard InChI is InChI=1S/C12H17N5O/c1-4-12(18)5-16(6-12)10-8(2)9(3)15-11-13-7-14-17(10)11/h7,18H,4-6H2,1-3H3. The van der Waals surface area contributed by atoms with Gasteiger partial charge in [0.05, 0.1) is 5.60 Å². The van der Waals surface area contributed by atoms with Crippen LogP contribution in [0.5, 0.6) is 0 Å². The van der Waals surface area contributed by atoms with Gasteiger partial charge in [0.1, 0.15) is 12.1 Å². The number of aryl methyl sites for hydroxylation is 1. The van der Waals surface area contributed by atoms with Crippen molar-refractivity contribution in [3.8, 4) is 0 Å². The number of fused-ring (bicyclic) bond motifs is 1. The Balaban J connectivity index is 2.07. The lowest BCUT2D eigenvalue weighted by atomic mass is 9.91. The number of β-amino-alcohol motifs (C(OH)–C–C–N with tert-alkyl or cyclic N) is 1. The van der Waals surface area contributed by atoms with Crippen LogP contribution in [0.15, 0.2) is 6.33 Å². The van der Waals surface area contributed by atoms with Gasteiger partial charge in [0, 0.05) is 24.3 Å². The van der Waals surface area contributed by atoms with Gasteiger partial charge in [0.2, 0.25) is 0 Å². The average molecular weight is 247 g/mol. The molecule has 6 nitrogen and oxygen atoms in total. The molecule has 3 rings (SSSR count). The van der Waals surface area contributed by atoms with Gasteiger partial charge in [-0.05, 0) is 20.3 Å². The highest BCUT2D eigenvalue weighted by Crippen LogP contribution is 2.32. The monoisotopic (exact) mass is 247 g/mol. The molecular weight excluding hydrogens is 230 g/mol. The van der Waals surface area contributed by atoms with E-state index in [1.165, 1.54) is 6.33 Å². The van der Waals surface area contributed by atoms with E-state index in [9.17, 15) is 5.11 Å². The van der Waals surface area contributed by atoms with Crippen molar-refractivity contribution in [2.75, 3.05) is 18.0 Å². The Labute approximate surface area is 105 Å². The molecule has 3 heterocycles. The number of aromatic nitrogens is 4. The Bertz CT molecular complexity index is 600. The van der Waals surface area contributed by atoms with Crippen molar-refractivity contribution in [2.45, 2.75) is 32.8 Å². The topological polar surface area (TPSA) is 66.5 Å². The van der Waals surface area contributed by atoms with E-state index in [1.54, 1.807) is 4.52 Å². The second-order valence-corrected chi connectivity index (χ2v) is 5.05. The van der Waals surface area contributed by atoms with Gasteiger partial charge in [-0.25, -0.2) is 4.98 Å². The molecule has 2 aromatic rings. The van der Waals surface area contributed by atoms with E-state index in [0.717, 1.165) is 23.5 Å². The van der Waals surface area contributed by atoms with Crippen LogP contribution in [0.3, 0.4) is 0 Å². The Morgan fingerprint density at radius 2 is 2.11 bits per heavy atom. The van der Waals surface area contributed by atoms with Gasteiger partial charge in [-0.3, -0.25) is 0 Å². The molecule has 0 unspecified atom stereocenters. The average Bonchev–Trinajstić information content (AvgIpc) is 2.75. The first kappa shape index (κ1) is 11.4. The molecule has 0 bridgehead atoms. The number of rotatable bonds is 2. The van der Waals surface area contributed by atoms with Crippen LogP contribution in [-0.4, -0.2) is 43.4 Å². The Hall–Kier alpha value is -1.69. The SMILES string of the molecule is CCC1(O)CN(c2c(C)c(C)nc3ncnn23)C1. The van der Waals surface area contributed by atoms with Crippen LogP contribution >= 0.6 is 0 Å². The molecule has 1 fully saturated rings. The quantitative estimate of drug-likeness (QED) is 0.846. The molecule has 0 saturated carbocycles. The molecule has 0 aromatic carbocycles. The molecule has 0 amide bonds. The second kappa shape index (κ2) is 3.65. The van der Waals surface area contributed by atoms with Gasteiger partial charge in [-0.1, -0.05) is 6.92 Å². The Kier molecular flexibility index (Phi) is 2.31. The second-order valence-electron chi connectivity index (χ2n) is 5.05. The summed E-state index contributed by atoms with van der Waals surface area (Å²) < 4.78 is 1.75. The summed E-state index contributed by atoms with van der Waals surface area (Å²) in [5.74, 6) is 1.60. The fourth-order valence-electron chi connectivity index (χ4n) is 2.42. The zero-order valence-corrected chi connectivity index (χ0v) is 10.9. The van der Waals surface area contributed by atoms with Crippen LogP contribution in [0, 0.1) is 13.8 Å². The predicted molar refractivity (Wildman–Crippen MR) is 67.7 cm³/mol. The molecular formula is C12H17N5O. The molecule has 0 radical (unpaired) electrons. The van der Waals surface area contributed by atoms with Crippen molar-refractivity contribution in [2.24, 2.45) is 0 Å². The van der Waals surface area contributed by atoms with E-state index in [0.29, 0.717) is 18.9 Å². The number of hydrogen-bond donors (Lipinski definition) is 1. The van der Waals surface area contributed by atoms with Crippen LogP contribution in [0.4, 0.5) is 5.82 Å². The molecule has 1 aliphatic rings. The summed E-state index contributed by atoms with van der Waals surface area (Å²) in [6.45, 7) is 7.29.